The predicted octanol–water partition coefficient (Wildman–Crippen LogP) is 2.65. The van der Waals surface area contributed by atoms with Crippen LogP contribution in [-0.2, 0) is 6.54 Å². The lowest BCUT2D eigenvalue weighted by Gasteiger charge is -2.35. The number of piperazine rings is 1. The van der Waals surface area contributed by atoms with Gasteiger partial charge in [0.05, 0.1) is 0 Å². The van der Waals surface area contributed by atoms with Gasteiger partial charge in [0, 0.05) is 38.0 Å². The monoisotopic (exact) mass is 294 g/mol. The maximum atomic E-state index is 9.50. The Morgan fingerprint density at radius 1 is 1.20 bits per heavy atom. The van der Waals surface area contributed by atoms with Crippen molar-refractivity contribution in [3.8, 4) is 5.75 Å². The van der Waals surface area contributed by atoms with Crippen molar-refractivity contribution in [1.82, 2.24) is 9.80 Å². The first-order valence-electron chi connectivity index (χ1n) is 7.43. The SMILES string of the molecule is CS[C@H](C)CCN1CCN(Cc2cccc(O)c2)CC1. The minimum atomic E-state index is 0.368. The van der Waals surface area contributed by atoms with Gasteiger partial charge < -0.3 is 10.0 Å². The van der Waals surface area contributed by atoms with Crippen LogP contribution in [0.3, 0.4) is 0 Å². The first kappa shape index (κ1) is 15.7. The van der Waals surface area contributed by atoms with Crippen LogP contribution in [0.2, 0.25) is 0 Å². The molecule has 20 heavy (non-hydrogen) atoms. The molecule has 1 aromatic carbocycles. The molecule has 3 nitrogen and oxygen atoms in total. The van der Waals surface area contributed by atoms with Gasteiger partial charge in [-0.1, -0.05) is 19.1 Å². The fourth-order valence-corrected chi connectivity index (χ4v) is 2.91. The third kappa shape index (κ3) is 5.00. The fourth-order valence-electron chi connectivity index (χ4n) is 2.57. The molecule has 1 aliphatic rings. The first-order chi connectivity index (χ1) is 9.67. The Balaban J connectivity index is 1.71. The second-order valence-electron chi connectivity index (χ2n) is 5.62. The number of phenols is 1. The molecule has 0 unspecified atom stereocenters. The molecule has 0 aromatic heterocycles. The van der Waals surface area contributed by atoms with Crippen molar-refractivity contribution >= 4 is 11.8 Å². The third-order valence-electron chi connectivity index (χ3n) is 4.04. The highest BCUT2D eigenvalue weighted by Gasteiger charge is 2.17. The molecule has 0 aliphatic carbocycles. The molecule has 2 rings (SSSR count). The zero-order chi connectivity index (χ0) is 14.4. The number of benzene rings is 1. The van der Waals surface area contributed by atoms with E-state index in [0.717, 1.165) is 24.9 Å². The minimum absolute atomic E-state index is 0.368. The van der Waals surface area contributed by atoms with Gasteiger partial charge >= 0.3 is 0 Å². The number of hydrogen-bond donors (Lipinski definition) is 1. The molecule has 1 aliphatic heterocycles. The van der Waals surface area contributed by atoms with Crippen LogP contribution in [0, 0.1) is 0 Å². The van der Waals surface area contributed by atoms with Gasteiger partial charge in [-0.25, -0.2) is 0 Å². The van der Waals surface area contributed by atoms with E-state index in [1.165, 1.54) is 31.6 Å². The number of hydrogen-bond acceptors (Lipinski definition) is 4. The van der Waals surface area contributed by atoms with Crippen LogP contribution < -0.4 is 0 Å². The normalized spacial score (nSPS) is 19.1. The van der Waals surface area contributed by atoms with E-state index < -0.39 is 0 Å². The topological polar surface area (TPSA) is 26.7 Å². The summed E-state index contributed by atoms with van der Waals surface area (Å²) in [6.45, 7) is 9.07. The van der Waals surface area contributed by atoms with Crippen LogP contribution in [-0.4, -0.2) is 59.1 Å². The molecule has 4 heteroatoms. The maximum absolute atomic E-state index is 9.50. The van der Waals surface area contributed by atoms with E-state index in [2.05, 4.69) is 29.0 Å². The molecule has 0 amide bonds. The summed E-state index contributed by atoms with van der Waals surface area (Å²) in [5.41, 5.74) is 1.20. The summed E-state index contributed by atoms with van der Waals surface area (Å²) in [5.74, 6) is 0.368. The van der Waals surface area contributed by atoms with Crippen LogP contribution >= 0.6 is 11.8 Å². The van der Waals surface area contributed by atoms with E-state index in [1.54, 1.807) is 6.07 Å². The average Bonchev–Trinajstić information content (AvgIpc) is 2.46. The Bertz CT molecular complexity index is 405. The van der Waals surface area contributed by atoms with Crippen molar-refractivity contribution < 1.29 is 5.11 Å². The van der Waals surface area contributed by atoms with Gasteiger partial charge in [-0.3, -0.25) is 4.90 Å². The van der Waals surface area contributed by atoms with Crippen molar-refractivity contribution in [2.24, 2.45) is 0 Å². The van der Waals surface area contributed by atoms with Crippen LogP contribution in [0.5, 0.6) is 5.75 Å². The fraction of sp³-hybridized carbons (Fsp3) is 0.625. The highest BCUT2D eigenvalue weighted by atomic mass is 32.2. The van der Waals surface area contributed by atoms with Gasteiger partial charge in [-0.15, -0.1) is 0 Å². The highest BCUT2D eigenvalue weighted by molar-refractivity contribution is 7.99. The summed E-state index contributed by atoms with van der Waals surface area (Å²) < 4.78 is 0. The Morgan fingerprint density at radius 2 is 1.90 bits per heavy atom. The van der Waals surface area contributed by atoms with Crippen molar-refractivity contribution in [2.75, 3.05) is 39.0 Å². The first-order valence-corrected chi connectivity index (χ1v) is 8.71. The molecule has 1 N–H and O–H groups in total. The molecule has 1 saturated heterocycles. The molecule has 1 fully saturated rings. The van der Waals surface area contributed by atoms with Gasteiger partial charge in [0.1, 0.15) is 5.75 Å². The van der Waals surface area contributed by atoms with Crippen molar-refractivity contribution in [3.05, 3.63) is 29.8 Å². The number of nitrogens with zero attached hydrogens (tertiary/aromatic N) is 2. The standard InChI is InChI=1S/C16H26N2OS/c1-14(20-2)6-7-17-8-10-18(11-9-17)13-15-4-3-5-16(19)12-15/h3-5,12,14,19H,6-11,13H2,1-2H3/t14-/m1/s1. The summed E-state index contributed by atoms with van der Waals surface area (Å²) in [7, 11) is 0. The lowest BCUT2D eigenvalue weighted by Crippen LogP contribution is -2.46. The number of aromatic hydroxyl groups is 1. The van der Waals surface area contributed by atoms with Crippen LogP contribution in [0.4, 0.5) is 0 Å². The van der Waals surface area contributed by atoms with E-state index in [1.807, 2.05) is 23.9 Å². The van der Waals surface area contributed by atoms with Crippen molar-refractivity contribution in [2.45, 2.75) is 25.1 Å². The molecule has 112 valence electrons. The molecule has 0 bridgehead atoms. The van der Waals surface area contributed by atoms with Crippen LogP contribution in [0.25, 0.3) is 0 Å². The second kappa shape index (κ2) is 7.91. The molecule has 1 heterocycles. The number of phenolic OH excluding ortho intramolecular Hbond substituents is 1. The molecule has 1 aromatic rings. The van der Waals surface area contributed by atoms with E-state index in [4.69, 9.17) is 0 Å². The summed E-state index contributed by atoms with van der Waals surface area (Å²) in [4.78, 5) is 5.05. The van der Waals surface area contributed by atoms with E-state index >= 15 is 0 Å². The van der Waals surface area contributed by atoms with Gasteiger partial charge in [-0.05, 0) is 36.9 Å². The Kier molecular flexibility index (Phi) is 6.20. The summed E-state index contributed by atoms with van der Waals surface area (Å²) in [6, 6.07) is 7.61. The van der Waals surface area contributed by atoms with Crippen molar-refractivity contribution in [1.29, 1.82) is 0 Å². The average molecular weight is 294 g/mol. The Hall–Kier alpha value is -0.710. The molecular weight excluding hydrogens is 268 g/mol. The zero-order valence-corrected chi connectivity index (χ0v) is 13.4. The maximum Gasteiger partial charge on any atom is 0.115 e. The zero-order valence-electron chi connectivity index (χ0n) is 12.6. The van der Waals surface area contributed by atoms with E-state index in [0.29, 0.717) is 5.75 Å². The van der Waals surface area contributed by atoms with Crippen LogP contribution in [0.15, 0.2) is 24.3 Å². The Labute approximate surface area is 127 Å². The van der Waals surface area contributed by atoms with Gasteiger partial charge in [-0.2, -0.15) is 11.8 Å². The van der Waals surface area contributed by atoms with E-state index in [-0.39, 0.29) is 0 Å². The quantitative estimate of drug-likeness (QED) is 0.872. The number of rotatable bonds is 6. The molecule has 0 spiro atoms. The van der Waals surface area contributed by atoms with Gasteiger partial charge in [0.15, 0.2) is 0 Å². The van der Waals surface area contributed by atoms with Gasteiger partial charge in [0.2, 0.25) is 0 Å². The lowest BCUT2D eigenvalue weighted by molar-refractivity contribution is 0.126. The summed E-state index contributed by atoms with van der Waals surface area (Å²) in [5, 5.41) is 10.3. The van der Waals surface area contributed by atoms with Crippen molar-refractivity contribution in [3.63, 3.8) is 0 Å². The molecule has 0 saturated carbocycles. The molecule has 1 atom stereocenters. The third-order valence-corrected chi connectivity index (χ3v) is 5.08. The summed E-state index contributed by atoms with van der Waals surface area (Å²) in [6.07, 6.45) is 3.48. The van der Waals surface area contributed by atoms with Gasteiger partial charge in [0.25, 0.3) is 0 Å². The highest BCUT2D eigenvalue weighted by Crippen LogP contribution is 2.15. The van der Waals surface area contributed by atoms with E-state index in [9.17, 15) is 5.11 Å². The minimum Gasteiger partial charge on any atom is -0.508 e. The predicted molar refractivity (Wildman–Crippen MR) is 87.4 cm³/mol. The number of thioether (sulfide) groups is 1. The Morgan fingerprint density at radius 3 is 2.55 bits per heavy atom. The largest absolute Gasteiger partial charge is 0.508 e. The second-order valence-corrected chi connectivity index (χ2v) is 6.90. The molecule has 0 radical (unpaired) electrons. The summed E-state index contributed by atoms with van der Waals surface area (Å²) >= 11 is 1.96. The molecular formula is C16H26N2OS. The smallest absolute Gasteiger partial charge is 0.115 e. The van der Waals surface area contributed by atoms with Crippen LogP contribution in [0.1, 0.15) is 18.9 Å². The lowest BCUT2D eigenvalue weighted by atomic mass is 10.2.